The van der Waals surface area contributed by atoms with Crippen LogP contribution in [0.4, 0.5) is 0 Å². The number of rotatable bonds is 5. The average molecular weight is 256 g/mol. The van der Waals surface area contributed by atoms with Crippen molar-refractivity contribution in [2.24, 2.45) is 5.92 Å². The van der Waals surface area contributed by atoms with E-state index in [0.717, 1.165) is 26.3 Å². The van der Waals surface area contributed by atoms with Crippen molar-refractivity contribution in [1.82, 2.24) is 10.2 Å². The highest BCUT2D eigenvalue weighted by molar-refractivity contribution is 4.88. The van der Waals surface area contributed by atoms with Crippen LogP contribution in [0.5, 0.6) is 0 Å². The normalized spacial score (nSPS) is 35.8. The van der Waals surface area contributed by atoms with Crippen LogP contribution in [0.15, 0.2) is 0 Å². The maximum atomic E-state index is 5.66. The first-order chi connectivity index (χ1) is 8.67. The third-order valence-electron chi connectivity index (χ3n) is 4.59. The molecular formula is C14H28N2O2. The molecule has 106 valence electrons. The molecule has 2 saturated heterocycles. The van der Waals surface area contributed by atoms with Crippen molar-refractivity contribution in [3.63, 3.8) is 0 Å². The Balaban J connectivity index is 1.86. The van der Waals surface area contributed by atoms with E-state index >= 15 is 0 Å². The van der Waals surface area contributed by atoms with Crippen molar-refractivity contribution < 1.29 is 9.47 Å². The second kappa shape index (κ2) is 6.33. The molecule has 3 atom stereocenters. The fourth-order valence-electron chi connectivity index (χ4n) is 3.25. The third kappa shape index (κ3) is 3.44. The van der Waals surface area contributed by atoms with E-state index in [2.05, 4.69) is 24.2 Å². The summed E-state index contributed by atoms with van der Waals surface area (Å²) >= 11 is 0. The molecule has 18 heavy (non-hydrogen) atoms. The van der Waals surface area contributed by atoms with Crippen molar-refractivity contribution >= 4 is 0 Å². The zero-order chi connectivity index (χ0) is 13.0. The highest BCUT2D eigenvalue weighted by Crippen LogP contribution is 2.25. The van der Waals surface area contributed by atoms with Crippen LogP contribution in [0, 0.1) is 5.92 Å². The summed E-state index contributed by atoms with van der Waals surface area (Å²) < 4.78 is 11.2. The molecule has 3 unspecified atom stereocenters. The zero-order valence-electron chi connectivity index (χ0n) is 12.1. The summed E-state index contributed by atoms with van der Waals surface area (Å²) in [6, 6.07) is 0.548. The minimum absolute atomic E-state index is 0.0444. The predicted molar refractivity (Wildman–Crippen MR) is 72.9 cm³/mol. The molecule has 1 N–H and O–H groups in total. The summed E-state index contributed by atoms with van der Waals surface area (Å²) in [5, 5.41) is 3.47. The van der Waals surface area contributed by atoms with E-state index in [-0.39, 0.29) is 5.60 Å². The van der Waals surface area contributed by atoms with Gasteiger partial charge in [-0.25, -0.2) is 0 Å². The summed E-state index contributed by atoms with van der Waals surface area (Å²) in [6.07, 6.45) is 3.61. The van der Waals surface area contributed by atoms with Gasteiger partial charge in [0, 0.05) is 38.8 Å². The van der Waals surface area contributed by atoms with E-state index in [1.165, 1.54) is 25.8 Å². The third-order valence-corrected chi connectivity index (χ3v) is 4.59. The summed E-state index contributed by atoms with van der Waals surface area (Å²) in [5.41, 5.74) is 0.0444. The van der Waals surface area contributed by atoms with Gasteiger partial charge in [-0.1, -0.05) is 0 Å². The van der Waals surface area contributed by atoms with Crippen LogP contribution in [-0.4, -0.2) is 63.5 Å². The van der Waals surface area contributed by atoms with Gasteiger partial charge < -0.3 is 14.8 Å². The molecule has 0 spiro atoms. The molecule has 4 heteroatoms. The minimum Gasteiger partial charge on any atom is -0.381 e. The zero-order valence-corrected chi connectivity index (χ0v) is 12.1. The Kier molecular flexibility index (Phi) is 5.01. The summed E-state index contributed by atoms with van der Waals surface area (Å²) in [4.78, 5) is 2.55. The number of piperidine rings is 1. The minimum atomic E-state index is 0.0444. The highest BCUT2D eigenvalue weighted by atomic mass is 16.5. The molecule has 2 aliphatic heterocycles. The molecule has 2 heterocycles. The SMILES string of the molecule is CNC(CN1CCCC(C)(OC)C1)C1CCOC1. The highest BCUT2D eigenvalue weighted by Gasteiger charge is 2.33. The molecule has 0 aromatic carbocycles. The number of methoxy groups -OCH3 is 1. The average Bonchev–Trinajstić information content (AvgIpc) is 2.90. The molecule has 0 aliphatic carbocycles. The maximum Gasteiger partial charge on any atom is 0.0777 e. The van der Waals surface area contributed by atoms with E-state index in [1.54, 1.807) is 0 Å². The van der Waals surface area contributed by atoms with Crippen molar-refractivity contribution in [1.29, 1.82) is 0 Å². The van der Waals surface area contributed by atoms with Gasteiger partial charge in [0.15, 0.2) is 0 Å². The van der Waals surface area contributed by atoms with Gasteiger partial charge in [-0.15, -0.1) is 0 Å². The van der Waals surface area contributed by atoms with E-state index in [9.17, 15) is 0 Å². The van der Waals surface area contributed by atoms with Gasteiger partial charge in [-0.05, 0) is 39.8 Å². The number of nitrogens with zero attached hydrogens (tertiary/aromatic N) is 1. The lowest BCUT2D eigenvalue weighted by atomic mass is 9.92. The van der Waals surface area contributed by atoms with Crippen molar-refractivity contribution in [2.45, 2.75) is 37.8 Å². The van der Waals surface area contributed by atoms with Crippen LogP contribution >= 0.6 is 0 Å². The fourth-order valence-corrected chi connectivity index (χ4v) is 3.25. The molecule has 0 radical (unpaired) electrons. The van der Waals surface area contributed by atoms with E-state index in [1.807, 2.05) is 7.11 Å². The van der Waals surface area contributed by atoms with Crippen molar-refractivity contribution in [3.8, 4) is 0 Å². The Labute approximate surface area is 111 Å². The van der Waals surface area contributed by atoms with Gasteiger partial charge in [0.05, 0.1) is 12.2 Å². The Morgan fingerprint density at radius 2 is 2.39 bits per heavy atom. The largest absolute Gasteiger partial charge is 0.381 e. The first kappa shape index (κ1) is 14.3. The summed E-state index contributed by atoms with van der Waals surface area (Å²) in [6.45, 7) is 7.44. The Morgan fingerprint density at radius 1 is 1.56 bits per heavy atom. The van der Waals surface area contributed by atoms with Crippen LogP contribution in [0.2, 0.25) is 0 Å². The Morgan fingerprint density at radius 3 is 3.00 bits per heavy atom. The summed E-state index contributed by atoms with van der Waals surface area (Å²) in [5.74, 6) is 0.672. The van der Waals surface area contributed by atoms with Crippen molar-refractivity contribution in [2.75, 3.05) is 47.0 Å². The first-order valence-electron chi connectivity index (χ1n) is 7.19. The van der Waals surface area contributed by atoms with Gasteiger partial charge in [0.25, 0.3) is 0 Å². The van der Waals surface area contributed by atoms with Crippen LogP contribution in [-0.2, 0) is 9.47 Å². The molecule has 0 aromatic heterocycles. The van der Waals surface area contributed by atoms with Gasteiger partial charge in [-0.2, -0.15) is 0 Å². The topological polar surface area (TPSA) is 33.7 Å². The van der Waals surface area contributed by atoms with E-state index in [0.29, 0.717) is 12.0 Å². The second-order valence-electron chi connectivity index (χ2n) is 6.01. The molecule has 2 rings (SSSR count). The summed E-state index contributed by atoms with van der Waals surface area (Å²) in [7, 11) is 3.91. The Hall–Kier alpha value is -0.160. The van der Waals surface area contributed by atoms with Gasteiger partial charge in [0.2, 0.25) is 0 Å². The number of hydrogen-bond donors (Lipinski definition) is 1. The maximum absolute atomic E-state index is 5.66. The smallest absolute Gasteiger partial charge is 0.0777 e. The lowest BCUT2D eigenvalue weighted by molar-refractivity contribution is -0.0534. The number of hydrogen-bond acceptors (Lipinski definition) is 4. The van der Waals surface area contributed by atoms with Crippen LogP contribution < -0.4 is 5.32 Å². The van der Waals surface area contributed by atoms with Gasteiger partial charge in [0.1, 0.15) is 0 Å². The van der Waals surface area contributed by atoms with Crippen LogP contribution in [0.3, 0.4) is 0 Å². The molecule has 2 aliphatic rings. The lowest BCUT2D eigenvalue weighted by Gasteiger charge is -2.41. The standard InChI is InChI=1S/C14H28N2O2/c1-14(17-3)6-4-7-16(11-14)9-13(15-2)12-5-8-18-10-12/h12-13,15H,4-11H2,1-3H3. The number of likely N-dealkylation sites (tertiary alicyclic amines) is 1. The molecular weight excluding hydrogens is 228 g/mol. The molecule has 0 saturated carbocycles. The van der Waals surface area contributed by atoms with Crippen LogP contribution in [0.1, 0.15) is 26.2 Å². The molecule has 0 aromatic rings. The molecule has 0 amide bonds. The predicted octanol–water partition coefficient (Wildman–Crippen LogP) is 1.11. The quantitative estimate of drug-likeness (QED) is 0.799. The lowest BCUT2D eigenvalue weighted by Crippen LogP contribution is -2.52. The number of likely N-dealkylation sites (N-methyl/N-ethyl adjacent to an activating group) is 1. The van der Waals surface area contributed by atoms with Crippen LogP contribution in [0.25, 0.3) is 0 Å². The van der Waals surface area contributed by atoms with E-state index < -0.39 is 0 Å². The second-order valence-corrected chi connectivity index (χ2v) is 6.01. The first-order valence-corrected chi connectivity index (χ1v) is 7.19. The number of ether oxygens (including phenoxy) is 2. The Bertz CT molecular complexity index is 256. The van der Waals surface area contributed by atoms with Gasteiger partial charge >= 0.3 is 0 Å². The van der Waals surface area contributed by atoms with Gasteiger partial charge in [-0.3, -0.25) is 4.90 Å². The number of nitrogens with one attached hydrogen (secondary N) is 1. The molecule has 0 bridgehead atoms. The van der Waals surface area contributed by atoms with E-state index in [4.69, 9.17) is 9.47 Å². The van der Waals surface area contributed by atoms with Crippen molar-refractivity contribution in [3.05, 3.63) is 0 Å². The monoisotopic (exact) mass is 256 g/mol. The molecule has 2 fully saturated rings. The fraction of sp³-hybridized carbons (Fsp3) is 1.00. The molecule has 4 nitrogen and oxygen atoms in total.